The van der Waals surface area contributed by atoms with Gasteiger partial charge in [-0.25, -0.2) is 13.1 Å². The van der Waals surface area contributed by atoms with Gasteiger partial charge in [0.25, 0.3) is 0 Å². The Bertz CT molecular complexity index is 890. The van der Waals surface area contributed by atoms with E-state index in [0.717, 1.165) is 29.2 Å². The lowest BCUT2D eigenvalue weighted by Crippen LogP contribution is -2.31. The van der Waals surface area contributed by atoms with Crippen LogP contribution in [-0.2, 0) is 14.8 Å². The zero-order valence-corrected chi connectivity index (χ0v) is 16.7. The van der Waals surface area contributed by atoms with Gasteiger partial charge in [-0.2, -0.15) is 0 Å². The number of sulfonamides is 1. The van der Waals surface area contributed by atoms with Crippen LogP contribution in [0.15, 0.2) is 64.4 Å². The van der Waals surface area contributed by atoms with Crippen molar-refractivity contribution in [2.24, 2.45) is 0 Å². The maximum atomic E-state index is 12.1. The summed E-state index contributed by atoms with van der Waals surface area (Å²) in [5.41, 5.74) is 0. The van der Waals surface area contributed by atoms with Crippen molar-refractivity contribution in [3.05, 3.63) is 54.6 Å². The SMILES string of the molecule is O=C(CCNS(=O)(=O)c1ccc(OC(F)(F)F)cc1)NCCSc1ccccc1. The smallest absolute Gasteiger partial charge is 0.406 e. The van der Waals surface area contributed by atoms with Gasteiger partial charge in [-0.15, -0.1) is 24.9 Å². The van der Waals surface area contributed by atoms with Crippen molar-refractivity contribution in [2.75, 3.05) is 18.8 Å². The zero-order chi connectivity index (χ0) is 21.3. The van der Waals surface area contributed by atoms with Crippen LogP contribution < -0.4 is 14.8 Å². The first-order valence-electron chi connectivity index (χ1n) is 8.46. The zero-order valence-electron chi connectivity index (χ0n) is 15.1. The highest BCUT2D eigenvalue weighted by molar-refractivity contribution is 7.99. The van der Waals surface area contributed by atoms with Crippen molar-refractivity contribution in [3.8, 4) is 5.75 Å². The lowest BCUT2D eigenvalue weighted by atomic mass is 10.3. The van der Waals surface area contributed by atoms with E-state index in [0.29, 0.717) is 12.3 Å². The molecule has 0 bridgehead atoms. The van der Waals surface area contributed by atoms with Crippen LogP contribution in [0.4, 0.5) is 13.2 Å². The van der Waals surface area contributed by atoms with E-state index in [1.165, 1.54) is 0 Å². The Balaban J connectivity index is 1.70. The standard InChI is InChI=1S/C18H19F3N2O4S2/c19-18(20,21)27-14-6-8-16(9-7-14)29(25,26)23-11-10-17(24)22-12-13-28-15-4-2-1-3-5-15/h1-9,23H,10-13H2,(H,22,24). The molecule has 2 rings (SSSR count). The highest BCUT2D eigenvalue weighted by Crippen LogP contribution is 2.23. The third kappa shape index (κ3) is 8.75. The minimum Gasteiger partial charge on any atom is -0.406 e. The predicted octanol–water partition coefficient (Wildman–Crippen LogP) is 3.16. The third-order valence-corrected chi connectivity index (χ3v) is 5.94. The Morgan fingerprint density at radius 3 is 2.28 bits per heavy atom. The van der Waals surface area contributed by atoms with Crippen LogP contribution in [-0.4, -0.2) is 39.5 Å². The molecule has 29 heavy (non-hydrogen) atoms. The second-order valence-electron chi connectivity index (χ2n) is 5.68. The molecule has 0 fully saturated rings. The normalized spacial score (nSPS) is 11.8. The molecule has 2 aromatic rings. The molecule has 0 radical (unpaired) electrons. The van der Waals surface area contributed by atoms with Crippen molar-refractivity contribution < 1.29 is 31.1 Å². The van der Waals surface area contributed by atoms with Crippen LogP contribution in [0.5, 0.6) is 5.75 Å². The maximum absolute atomic E-state index is 12.1. The first-order chi connectivity index (χ1) is 13.7. The third-order valence-electron chi connectivity index (χ3n) is 3.45. The lowest BCUT2D eigenvalue weighted by molar-refractivity contribution is -0.274. The van der Waals surface area contributed by atoms with Gasteiger partial charge < -0.3 is 10.1 Å². The molecule has 0 aliphatic heterocycles. The quantitative estimate of drug-likeness (QED) is 0.431. The predicted molar refractivity (Wildman–Crippen MR) is 103 cm³/mol. The monoisotopic (exact) mass is 448 g/mol. The van der Waals surface area contributed by atoms with Crippen molar-refractivity contribution in [1.82, 2.24) is 10.0 Å². The van der Waals surface area contributed by atoms with E-state index in [9.17, 15) is 26.4 Å². The van der Waals surface area contributed by atoms with Crippen molar-refractivity contribution in [3.63, 3.8) is 0 Å². The van der Waals surface area contributed by atoms with Gasteiger partial charge in [-0.1, -0.05) is 18.2 Å². The number of hydrogen-bond acceptors (Lipinski definition) is 5. The summed E-state index contributed by atoms with van der Waals surface area (Å²) >= 11 is 1.59. The number of alkyl halides is 3. The highest BCUT2D eigenvalue weighted by Gasteiger charge is 2.31. The molecule has 0 aromatic heterocycles. The van der Waals surface area contributed by atoms with Crippen LogP contribution in [0.2, 0.25) is 0 Å². The van der Waals surface area contributed by atoms with E-state index in [4.69, 9.17) is 0 Å². The number of rotatable bonds is 10. The Morgan fingerprint density at radius 1 is 1.00 bits per heavy atom. The molecule has 0 saturated carbocycles. The molecule has 0 atom stereocenters. The number of amides is 1. The van der Waals surface area contributed by atoms with Crippen LogP contribution in [0.3, 0.4) is 0 Å². The summed E-state index contributed by atoms with van der Waals surface area (Å²) in [6.45, 7) is 0.298. The van der Waals surface area contributed by atoms with E-state index in [-0.39, 0.29) is 23.8 Å². The topological polar surface area (TPSA) is 84.5 Å². The number of nitrogens with one attached hydrogen (secondary N) is 2. The van der Waals surface area contributed by atoms with Crippen molar-refractivity contribution >= 4 is 27.7 Å². The van der Waals surface area contributed by atoms with Crippen molar-refractivity contribution in [1.29, 1.82) is 0 Å². The molecular weight excluding hydrogens is 429 g/mol. The number of ether oxygens (including phenoxy) is 1. The van der Waals surface area contributed by atoms with Gasteiger partial charge >= 0.3 is 6.36 Å². The van der Waals surface area contributed by atoms with Gasteiger partial charge in [-0.05, 0) is 36.4 Å². The molecule has 1 amide bonds. The van der Waals surface area contributed by atoms with Gasteiger partial charge in [0, 0.05) is 30.2 Å². The molecule has 0 aliphatic carbocycles. The van der Waals surface area contributed by atoms with Crippen LogP contribution in [0.1, 0.15) is 6.42 Å². The summed E-state index contributed by atoms with van der Waals surface area (Å²) in [6, 6.07) is 13.5. The molecule has 0 saturated heterocycles. The van der Waals surface area contributed by atoms with Gasteiger partial charge in [0.1, 0.15) is 5.75 Å². The number of benzene rings is 2. The molecular formula is C18H19F3N2O4S2. The number of thioether (sulfide) groups is 1. The molecule has 2 aromatic carbocycles. The number of carbonyl (C=O) groups excluding carboxylic acids is 1. The second kappa shape index (κ2) is 10.5. The van der Waals surface area contributed by atoms with E-state index in [1.54, 1.807) is 11.8 Å². The van der Waals surface area contributed by atoms with Gasteiger partial charge in [0.05, 0.1) is 4.90 Å². The fourth-order valence-corrected chi connectivity index (χ4v) is 3.99. The lowest BCUT2D eigenvalue weighted by Gasteiger charge is -2.10. The van der Waals surface area contributed by atoms with Crippen LogP contribution >= 0.6 is 11.8 Å². The van der Waals surface area contributed by atoms with Gasteiger partial charge in [-0.3, -0.25) is 4.79 Å². The fraction of sp³-hybridized carbons (Fsp3) is 0.278. The molecule has 0 spiro atoms. The van der Waals surface area contributed by atoms with E-state index in [2.05, 4.69) is 14.8 Å². The van der Waals surface area contributed by atoms with E-state index >= 15 is 0 Å². The number of halogens is 3. The average Bonchev–Trinajstić information content (AvgIpc) is 2.65. The Kier molecular flexibility index (Phi) is 8.35. The first-order valence-corrected chi connectivity index (χ1v) is 10.9. The Morgan fingerprint density at radius 2 is 1.66 bits per heavy atom. The molecule has 0 unspecified atom stereocenters. The molecule has 2 N–H and O–H groups in total. The summed E-state index contributed by atoms with van der Waals surface area (Å²) in [7, 11) is -3.95. The molecule has 6 nitrogen and oxygen atoms in total. The van der Waals surface area contributed by atoms with Gasteiger partial charge in [0.15, 0.2) is 0 Å². The molecule has 0 aliphatic rings. The number of hydrogen-bond donors (Lipinski definition) is 2. The number of carbonyl (C=O) groups is 1. The largest absolute Gasteiger partial charge is 0.573 e. The summed E-state index contributed by atoms with van der Waals surface area (Å²) < 4.78 is 66.5. The molecule has 11 heteroatoms. The summed E-state index contributed by atoms with van der Waals surface area (Å²) in [5.74, 6) is -0.159. The fourth-order valence-electron chi connectivity index (χ4n) is 2.17. The Labute approximate surface area is 170 Å². The first kappa shape index (κ1) is 23.0. The van der Waals surface area contributed by atoms with Crippen LogP contribution in [0.25, 0.3) is 0 Å². The Hall–Kier alpha value is -2.24. The molecule has 158 valence electrons. The minimum atomic E-state index is -4.86. The second-order valence-corrected chi connectivity index (χ2v) is 8.61. The molecule has 0 heterocycles. The summed E-state index contributed by atoms with van der Waals surface area (Å²) in [5, 5.41) is 2.69. The summed E-state index contributed by atoms with van der Waals surface area (Å²) in [4.78, 5) is 12.6. The van der Waals surface area contributed by atoms with E-state index < -0.39 is 22.1 Å². The summed E-state index contributed by atoms with van der Waals surface area (Å²) in [6.07, 6.45) is -4.92. The maximum Gasteiger partial charge on any atom is 0.573 e. The van der Waals surface area contributed by atoms with Crippen molar-refractivity contribution in [2.45, 2.75) is 22.6 Å². The van der Waals surface area contributed by atoms with Crippen LogP contribution in [0, 0.1) is 0 Å². The van der Waals surface area contributed by atoms with E-state index in [1.807, 2.05) is 30.3 Å². The minimum absolute atomic E-state index is 0.0650. The highest BCUT2D eigenvalue weighted by atomic mass is 32.2. The van der Waals surface area contributed by atoms with Gasteiger partial charge in [0.2, 0.25) is 15.9 Å². The average molecular weight is 448 g/mol.